The highest BCUT2D eigenvalue weighted by Gasteiger charge is 2.06. The first kappa shape index (κ1) is 17.3. The Hall–Kier alpha value is -2.05. The van der Waals surface area contributed by atoms with E-state index < -0.39 is 5.56 Å². The third-order valence-electron chi connectivity index (χ3n) is 2.80. The molecular formula is C15H16Cl2N4O2. The fraction of sp³-hybridized carbons (Fsp3) is 0.267. The fourth-order valence-electron chi connectivity index (χ4n) is 1.71. The molecule has 1 heterocycles. The highest BCUT2D eigenvalue weighted by molar-refractivity contribution is 6.33. The van der Waals surface area contributed by atoms with E-state index in [0.717, 1.165) is 10.2 Å². The molecule has 2 aromatic rings. The molecule has 0 radical (unpaired) electrons. The van der Waals surface area contributed by atoms with Crippen molar-refractivity contribution in [2.45, 2.75) is 20.0 Å². The lowest BCUT2D eigenvalue weighted by Crippen LogP contribution is -2.20. The van der Waals surface area contributed by atoms with E-state index in [-0.39, 0.29) is 11.1 Å². The summed E-state index contributed by atoms with van der Waals surface area (Å²) < 4.78 is 6.70. The van der Waals surface area contributed by atoms with Crippen LogP contribution in [-0.2, 0) is 7.05 Å². The lowest BCUT2D eigenvalue weighted by molar-refractivity contribution is 0.242. The van der Waals surface area contributed by atoms with Crippen LogP contribution in [0.1, 0.15) is 19.4 Å². The van der Waals surface area contributed by atoms with Crippen LogP contribution in [0.5, 0.6) is 5.75 Å². The molecule has 1 N–H and O–H groups in total. The number of hydrazone groups is 1. The highest BCUT2D eigenvalue weighted by atomic mass is 35.5. The third kappa shape index (κ3) is 4.46. The average molecular weight is 355 g/mol. The standard InChI is InChI=1S/C15H16Cl2N4O2/c1-9(2)23-13-5-4-10(6-11(13)16)7-18-20-12-8-19-21(3)15(22)14(12)17/h4-9,20H,1-3H3/b18-7-. The van der Waals surface area contributed by atoms with Crippen molar-refractivity contribution in [2.75, 3.05) is 5.43 Å². The predicted molar refractivity (Wildman–Crippen MR) is 92.9 cm³/mol. The zero-order chi connectivity index (χ0) is 17.0. The molecule has 0 saturated carbocycles. The van der Waals surface area contributed by atoms with Gasteiger partial charge in [-0.05, 0) is 37.6 Å². The second kappa shape index (κ2) is 7.48. The minimum absolute atomic E-state index is 0.0263. The third-order valence-corrected chi connectivity index (χ3v) is 3.46. The summed E-state index contributed by atoms with van der Waals surface area (Å²) in [7, 11) is 1.52. The summed E-state index contributed by atoms with van der Waals surface area (Å²) in [4.78, 5) is 11.6. The molecule has 0 aliphatic rings. The van der Waals surface area contributed by atoms with Gasteiger partial charge in [-0.15, -0.1) is 0 Å². The number of nitrogens with one attached hydrogen (secondary N) is 1. The summed E-state index contributed by atoms with van der Waals surface area (Å²) >= 11 is 12.1. The Balaban J connectivity index is 2.11. The van der Waals surface area contributed by atoms with E-state index in [2.05, 4.69) is 15.6 Å². The van der Waals surface area contributed by atoms with Gasteiger partial charge in [-0.1, -0.05) is 23.2 Å². The van der Waals surface area contributed by atoms with Gasteiger partial charge in [0.15, 0.2) is 0 Å². The van der Waals surface area contributed by atoms with Gasteiger partial charge in [0.25, 0.3) is 5.56 Å². The molecule has 2 rings (SSSR count). The number of benzene rings is 1. The molecule has 8 heteroatoms. The molecule has 122 valence electrons. The quantitative estimate of drug-likeness (QED) is 0.660. The van der Waals surface area contributed by atoms with Crippen LogP contribution in [-0.4, -0.2) is 22.1 Å². The molecule has 0 unspecified atom stereocenters. The predicted octanol–water partition coefficient (Wildman–Crippen LogP) is 3.32. The van der Waals surface area contributed by atoms with Gasteiger partial charge in [-0.3, -0.25) is 10.2 Å². The van der Waals surface area contributed by atoms with Gasteiger partial charge < -0.3 is 4.74 Å². The van der Waals surface area contributed by atoms with Gasteiger partial charge in [0, 0.05) is 7.05 Å². The average Bonchev–Trinajstić information content (AvgIpc) is 2.49. The maximum atomic E-state index is 11.6. The van der Waals surface area contributed by atoms with Gasteiger partial charge in [0.05, 0.1) is 23.5 Å². The van der Waals surface area contributed by atoms with Gasteiger partial charge in [-0.2, -0.15) is 10.2 Å². The van der Waals surface area contributed by atoms with Crippen LogP contribution in [0, 0.1) is 0 Å². The molecule has 0 aliphatic heterocycles. The maximum Gasteiger partial charge on any atom is 0.287 e. The van der Waals surface area contributed by atoms with Crippen LogP contribution in [0.25, 0.3) is 0 Å². The molecule has 6 nitrogen and oxygen atoms in total. The lowest BCUT2D eigenvalue weighted by Gasteiger charge is -2.11. The van der Waals surface area contributed by atoms with Crippen LogP contribution in [0.2, 0.25) is 10.0 Å². The fourth-order valence-corrected chi connectivity index (χ4v) is 2.16. The minimum atomic E-state index is -0.398. The number of ether oxygens (including phenoxy) is 1. The van der Waals surface area contributed by atoms with Crippen molar-refractivity contribution in [3.8, 4) is 5.75 Å². The topological polar surface area (TPSA) is 68.5 Å². The Labute approximate surface area is 143 Å². The van der Waals surface area contributed by atoms with Crippen molar-refractivity contribution >= 4 is 35.1 Å². The van der Waals surface area contributed by atoms with Crippen LogP contribution < -0.4 is 15.7 Å². The van der Waals surface area contributed by atoms with E-state index in [1.54, 1.807) is 18.3 Å². The summed E-state index contributed by atoms with van der Waals surface area (Å²) in [6.07, 6.45) is 3.02. The van der Waals surface area contributed by atoms with Crippen molar-refractivity contribution in [2.24, 2.45) is 12.1 Å². The van der Waals surface area contributed by atoms with E-state index >= 15 is 0 Å². The Morgan fingerprint density at radius 3 is 2.78 bits per heavy atom. The summed E-state index contributed by atoms with van der Waals surface area (Å²) in [6.45, 7) is 3.86. The number of nitrogens with zero attached hydrogens (tertiary/aromatic N) is 3. The first-order valence-corrected chi connectivity index (χ1v) is 7.61. The lowest BCUT2D eigenvalue weighted by atomic mass is 10.2. The number of hydrogen-bond acceptors (Lipinski definition) is 5. The van der Waals surface area contributed by atoms with E-state index in [1.165, 1.54) is 13.2 Å². The molecule has 0 atom stereocenters. The summed E-state index contributed by atoms with van der Waals surface area (Å²) in [5.74, 6) is 0.616. The molecular weight excluding hydrogens is 339 g/mol. The molecule has 23 heavy (non-hydrogen) atoms. The molecule has 0 amide bonds. The number of anilines is 1. The molecule has 0 saturated heterocycles. The highest BCUT2D eigenvalue weighted by Crippen LogP contribution is 2.26. The minimum Gasteiger partial charge on any atom is -0.489 e. The van der Waals surface area contributed by atoms with Crippen molar-refractivity contribution in [3.05, 3.63) is 50.4 Å². The number of halogens is 2. The van der Waals surface area contributed by atoms with Gasteiger partial charge in [0.2, 0.25) is 0 Å². The number of rotatable bonds is 5. The molecule has 0 bridgehead atoms. The van der Waals surface area contributed by atoms with E-state index in [0.29, 0.717) is 16.5 Å². The van der Waals surface area contributed by atoms with Crippen LogP contribution in [0.15, 0.2) is 34.3 Å². The first-order valence-electron chi connectivity index (χ1n) is 6.85. The summed E-state index contributed by atoms with van der Waals surface area (Å²) in [6, 6.07) is 5.32. The maximum absolute atomic E-state index is 11.6. The monoisotopic (exact) mass is 354 g/mol. The Kier molecular flexibility index (Phi) is 5.63. The smallest absolute Gasteiger partial charge is 0.287 e. The number of aryl methyl sites for hydroxylation is 1. The Morgan fingerprint density at radius 1 is 1.39 bits per heavy atom. The van der Waals surface area contributed by atoms with Crippen LogP contribution >= 0.6 is 23.2 Å². The zero-order valence-electron chi connectivity index (χ0n) is 12.9. The molecule has 1 aromatic carbocycles. The number of hydrogen-bond donors (Lipinski definition) is 1. The molecule has 0 aliphatic carbocycles. The van der Waals surface area contributed by atoms with Gasteiger partial charge >= 0.3 is 0 Å². The second-order valence-electron chi connectivity index (χ2n) is 5.03. The largest absolute Gasteiger partial charge is 0.489 e. The Morgan fingerprint density at radius 2 is 2.13 bits per heavy atom. The zero-order valence-corrected chi connectivity index (χ0v) is 14.4. The van der Waals surface area contributed by atoms with E-state index in [1.807, 2.05) is 19.9 Å². The Bertz CT molecular complexity index is 788. The van der Waals surface area contributed by atoms with Gasteiger partial charge in [0.1, 0.15) is 16.5 Å². The van der Waals surface area contributed by atoms with Crippen LogP contribution in [0.3, 0.4) is 0 Å². The number of aromatic nitrogens is 2. The van der Waals surface area contributed by atoms with Crippen molar-refractivity contribution < 1.29 is 4.74 Å². The first-order chi connectivity index (χ1) is 10.9. The van der Waals surface area contributed by atoms with Gasteiger partial charge in [-0.25, -0.2) is 4.68 Å². The molecule has 0 fully saturated rings. The normalized spacial score (nSPS) is 11.2. The van der Waals surface area contributed by atoms with E-state index in [9.17, 15) is 4.79 Å². The van der Waals surface area contributed by atoms with Crippen molar-refractivity contribution in [3.63, 3.8) is 0 Å². The van der Waals surface area contributed by atoms with Crippen molar-refractivity contribution in [1.29, 1.82) is 0 Å². The summed E-state index contributed by atoms with van der Waals surface area (Å²) in [5, 5.41) is 8.41. The molecule has 1 aromatic heterocycles. The summed E-state index contributed by atoms with van der Waals surface area (Å²) in [5.41, 5.74) is 3.39. The van der Waals surface area contributed by atoms with Crippen molar-refractivity contribution in [1.82, 2.24) is 9.78 Å². The molecule has 0 spiro atoms. The van der Waals surface area contributed by atoms with Crippen LogP contribution in [0.4, 0.5) is 5.69 Å². The SMILES string of the molecule is CC(C)Oc1ccc(/C=N\Nc2cnn(C)c(=O)c2Cl)cc1Cl. The van der Waals surface area contributed by atoms with E-state index in [4.69, 9.17) is 27.9 Å². The second-order valence-corrected chi connectivity index (χ2v) is 5.81.